The molecule has 1 atom stereocenters. The van der Waals surface area contributed by atoms with E-state index in [-0.39, 0.29) is 0 Å². The molecule has 3 nitrogen and oxygen atoms in total. The van der Waals surface area contributed by atoms with Gasteiger partial charge in [0.2, 0.25) is 0 Å². The summed E-state index contributed by atoms with van der Waals surface area (Å²) in [6.07, 6.45) is 9.48. The lowest BCUT2D eigenvalue weighted by atomic mass is 10.00. The average Bonchev–Trinajstić information content (AvgIpc) is 2.85. The smallest absolute Gasteiger partial charge is 0.122 e. The van der Waals surface area contributed by atoms with Crippen LogP contribution in [0.5, 0.6) is 0 Å². The van der Waals surface area contributed by atoms with Crippen molar-refractivity contribution in [2.24, 2.45) is 13.0 Å². The van der Waals surface area contributed by atoms with Gasteiger partial charge in [-0.2, -0.15) is 0 Å². The van der Waals surface area contributed by atoms with E-state index in [0.717, 1.165) is 18.3 Å². The molecule has 1 aliphatic rings. The average molecular weight is 207 g/mol. The van der Waals surface area contributed by atoms with Crippen LogP contribution in [0.1, 0.15) is 38.4 Å². The fourth-order valence-corrected chi connectivity index (χ4v) is 2.44. The Morgan fingerprint density at radius 1 is 1.53 bits per heavy atom. The van der Waals surface area contributed by atoms with Gasteiger partial charge in [-0.1, -0.05) is 12.8 Å². The second-order valence-corrected chi connectivity index (χ2v) is 4.67. The van der Waals surface area contributed by atoms with E-state index in [2.05, 4.69) is 21.8 Å². The molecule has 1 aromatic heterocycles. The normalized spacial score (nSPS) is 19.6. The van der Waals surface area contributed by atoms with E-state index < -0.39 is 0 Å². The molecule has 2 rings (SSSR count). The van der Waals surface area contributed by atoms with Crippen molar-refractivity contribution in [3.63, 3.8) is 0 Å². The van der Waals surface area contributed by atoms with Crippen LogP contribution in [0, 0.1) is 5.92 Å². The van der Waals surface area contributed by atoms with Crippen molar-refractivity contribution in [2.75, 3.05) is 0 Å². The fourth-order valence-electron chi connectivity index (χ4n) is 2.44. The minimum absolute atomic E-state index is 0.629. The first kappa shape index (κ1) is 10.7. The lowest BCUT2D eigenvalue weighted by molar-refractivity contribution is 0.375. The predicted octanol–water partition coefficient (Wildman–Crippen LogP) is 2.09. The van der Waals surface area contributed by atoms with E-state index in [4.69, 9.17) is 0 Å². The minimum Gasteiger partial charge on any atom is -0.337 e. The number of aryl methyl sites for hydroxylation is 1. The van der Waals surface area contributed by atoms with Gasteiger partial charge >= 0.3 is 0 Å². The zero-order valence-corrected chi connectivity index (χ0v) is 9.74. The van der Waals surface area contributed by atoms with Crippen LogP contribution in [0.4, 0.5) is 0 Å². The fraction of sp³-hybridized carbons (Fsp3) is 0.750. The van der Waals surface area contributed by atoms with Crippen molar-refractivity contribution in [3.8, 4) is 0 Å². The van der Waals surface area contributed by atoms with Crippen LogP contribution in [0.3, 0.4) is 0 Å². The molecule has 1 aromatic rings. The molecule has 1 N–H and O–H groups in total. The van der Waals surface area contributed by atoms with Gasteiger partial charge in [0.05, 0.1) is 6.54 Å². The van der Waals surface area contributed by atoms with E-state index in [0.29, 0.717) is 6.04 Å². The molecule has 1 saturated carbocycles. The molecule has 84 valence electrons. The Labute approximate surface area is 91.9 Å². The van der Waals surface area contributed by atoms with Gasteiger partial charge in [0, 0.05) is 25.5 Å². The Bertz CT molecular complexity index is 300. The molecule has 0 bridgehead atoms. The highest BCUT2D eigenvalue weighted by molar-refractivity contribution is 4.91. The van der Waals surface area contributed by atoms with Crippen molar-refractivity contribution < 1.29 is 0 Å². The summed E-state index contributed by atoms with van der Waals surface area (Å²) in [7, 11) is 2.05. The van der Waals surface area contributed by atoms with E-state index in [1.807, 2.05) is 19.4 Å². The summed E-state index contributed by atoms with van der Waals surface area (Å²) in [5.74, 6) is 2.00. The lowest BCUT2D eigenvalue weighted by Crippen LogP contribution is -2.32. The zero-order chi connectivity index (χ0) is 10.7. The number of hydrogen-bond donors (Lipinski definition) is 1. The number of hydrogen-bond acceptors (Lipinski definition) is 2. The van der Waals surface area contributed by atoms with Crippen LogP contribution in [0.2, 0.25) is 0 Å². The van der Waals surface area contributed by atoms with Gasteiger partial charge in [-0.3, -0.25) is 0 Å². The number of rotatable bonds is 4. The molecule has 1 aliphatic carbocycles. The summed E-state index contributed by atoms with van der Waals surface area (Å²) >= 11 is 0. The first-order valence-corrected chi connectivity index (χ1v) is 5.97. The van der Waals surface area contributed by atoms with Gasteiger partial charge in [0.15, 0.2) is 0 Å². The number of imidazole rings is 1. The number of nitrogens with zero attached hydrogens (tertiary/aromatic N) is 2. The SMILES string of the molecule is CC(NCc1nccn1C)C1CCCC1. The third-order valence-corrected chi connectivity index (χ3v) is 3.61. The first-order valence-electron chi connectivity index (χ1n) is 5.97. The summed E-state index contributed by atoms with van der Waals surface area (Å²) in [6.45, 7) is 3.19. The van der Waals surface area contributed by atoms with Crippen molar-refractivity contribution in [3.05, 3.63) is 18.2 Å². The van der Waals surface area contributed by atoms with Crippen LogP contribution >= 0.6 is 0 Å². The Kier molecular flexibility index (Phi) is 3.41. The van der Waals surface area contributed by atoms with Crippen molar-refractivity contribution in [1.82, 2.24) is 14.9 Å². The van der Waals surface area contributed by atoms with Crippen LogP contribution in [-0.4, -0.2) is 15.6 Å². The van der Waals surface area contributed by atoms with Gasteiger partial charge in [-0.25, -0.2) is 4.98 Å². The van der Waals surface area contributed by atoms with Gasteiger partial charge in [0.1, 0.15) is 5.82 Å². The number of nitrogens with one attached hydrogen (secondary N) is 1. The summed E-state index contributed by atoms with van der Waals surface area (Å²) in [4.78, 5) is 4.31. The highest BCUT2D eigenvalue weighted by Gasteiger charge is 2.21. The van der Waals surface area contributed by atoms with Crippen LogP contribution in [0.25, 0.3) is 0 Å². The third kappa shape index (κ3) is 2.59. The van der Waals surface area contributed by atoms with E-state index in [1.54, 1.807) is 0 Å². The molecule has 1 heterocycles. The molecule has 3 heteroatoms. The Morgan fingerprint density at radius 2 is 2.27 bits per heavy atom. The highest BCUT2D eigenvalue weighted by atomic mass is 15.1. The molecular formula is C12H21N3. The maximum absolute atomic E-state index is 4.31. The minimum atomic E-state index is 0.629. The van der Waals surface area contributed by atoms with Crippen LogP contribution < -0.4 is 5.32 Å². The second-order valence-electron chi connectivity index (χ2n) is 4.67. The lowest BCUT2D eigenvalue weighted by Gasteiger charge is -2.20. The summed E-state index contributed by atoms with van der Waals surface area (Å²) < 4.78 is 2.08. The quantitative estimate of drug-likeness (QED) is 0.819. The Hall–Kier alpha value is -0.830. The summed E-state index contributed by atoms with van der Waals surface area (Å²) in [5, 5.41) is 3.58. The molecular weight excluding hydrogens is 186 g/mol. The molecule has 1 unspecified atom stereocenters. The molecule has 0 aromatic carbocycles. The van der Waals surface area contributed by atoms with Gasteiger partial charge < -0.3 is 9.88 Å². The molecule has 0 saturated heterocycles. The monoisotopic (exact) mass is 207 g/mol. The van der Waals surface area contributed by atoms with E-state index >= 15 is 0 Å². The Balaban J connectivity index is 1.80. The van der Waals surface area contributed by atoms with Gasteiger partial charge in [-0.15, -0.1) is 0 Å². The largest absolute Gasteiger partial charge is 0.337 e. The molecule has 1 fully saturated rings. The first-order chi connectivity index (χ1) is 7.27. The maximum Gasteiger partial charge on any atom is 0.122 e. The maximum atomic E-state index is 4.31. The second kappa shape index (κ2) is 4.79. The zero-order valence-electron chi connectivity index (χ0n) is 9.74. The molecule has 0 aliphatic heterocycles. The van der Waals surface area contributed by atoms with Gasteiger partial charge in [-0.05, 0) is 25.7 Å². The van der Waals surface area contributed by atoms with Crippen molar-refractivity contribution >= 4 is 0 Å². The van der Waals surface area contributed by atoms with Crippen molar-refractivity contribution in [2.45, 2.75) is 45.2 Å². The standard InChI is InChI=1S/C12H21N3/c1-10(11-5-3-4-6-11)14-9-12-13-7-8-15(12)2/h7-8,10-11,14H,3-6,9H2,1-2H3. The molecule has 0 spiro atoms. The predicted molar refractivity (Wildman–Crippen MR) is 61.5 cm³/mol. The van der Waals surface area contributed by atoms with Gasteiger partial charge in [0.25, 0.3) is 0 Å². The summed E-state index contributed by atoms with van der Waals surface area (Å²) in [5.41, 5.74) is 0. The summed E-state index contributed by atoms with van der Waals surface area (Å²) in [6, 6.07) is 0.629. The molecule has 15 heavy (non-hydrogen) atoms. The molecule has 0 radical (unpaired) electrons. The van der Waals surface area contributed by atoms with Crippen LogP contribution in [-0.2, 0) is 13.6 Å². The van der Waals surface area contributed by atoms with Crippen molar-refractivity contribution in [1.29, 1.82) is 0 Å². The Morgan fingerprint density at radius 3 is 2.87 bits per heavy atom. The van der Waals surface area contributed by atoms with E-state index in [1.165, 1.54) is 25.7 Å². The van der Waals surface area contributed by atoms with E-state index in [9.17, 15) is 0 Å². The topological polar surface area (TPSA) is 29.9 Å². The molecule has 0 amide bonds. The third-order valence-electron chi connectivity index (χ3n) is 3.61. The highest BCUT2D eigenvalue weighted by Crippen LogP contribution is 2.27. The number of aromatic nitrogens is 2. The van der Waals surface area contributed by atoms with Crippen LogP contribution in [0.15, 0.2) is 12.4 Å².